The molecule has 1 aromatic heterocycles. The van der Waals surface area contributed by atoms with Crippen molar-refractivity contribution in [3.05, 3.63) is 71.8 Å². The number of halogens is 4. The first-order chi connectivity index (χ1) is 13.7. The van der Waals surface area contributed by atoms with Crippen LogP contribution >= 0.6 is 11.3 Å². The van der Waals surface area contributed by atoms with Crippen LogP contribution in [0.5, 0.6) is 5.75 Å². The standard InChI is InChI=1S/C22H19OS.BF4/c1-14-12-16(23-3)13-15(2)21(14)22-17-8-4-6-10-19(17)24-20-11-7-5-9-18(20)22;2-1(3,4)5/h4-13H,1-3H3;/q+1;-1. The lowest BCUT2D eigenvalue weighted by atomic mass is 9.91. The predicted octanol–water partition coefficient (Wildman–Crippen LogP) is 7.93. The molecule has 0 N–H and O–H groups in total. The summed E-state index contributed by atoms with van der Waals surface area (Å²) in [6.07, 6.45) is 0. The lowest BCUT2D eigenvalue weighted by Gasteiger charge is -2.14. The van der Waals surface area contributed by atoms with Crippen LogP contribution in [-0.2, 0) is 0 Å². The van der Waals surface area contributed by atoms with E-state index in [0.717, 1.165) is 5.75 Å². The third-order valence-corrected chi connectivity index (χ3v) is 5.68. The van der Waals surface area contributed by atoms with Gasteiger partial charge in [-0.05, 0) is 54.8 Å². The highest BCUT2D eigenvalue weighted by molar-refractivity contribution is 7.24. The number of aryl methyl sites for hydroxylation is 2. The van der Waals surface area contributed by atoms with Crippen LogP contribution in [0.1, 0.15) is 11.1 Å². The number of ether oxygens (including phenoxy) is 1. The van der Waals surface area contributed by atoms with Crippen LogP contribution in [0.2, 0.25) is 0 Å². The molecule has 29 heavy (non-hydrogen) atoms. The molecule has 7 heteroatoms. The van der Waals surface area contributed by atoms with Gasteiger partial charge in [0.2, 0.25) is 20.7 Å². The van der Waals surface area contributed by atoms with Gasteiger partial charge in [0.1, 0.15) is 5.75 Å². The summed E-state index contributed by atoms with van der Waals surface area (Å²) >= 11 is 1.85. The average molecular weight is 418 g/mol. The van der Waals surface area contributed by atoms with Gasteiger partial charge in [0, 0.05) is 28.5 Å². The number of methoxy groups -OCH3 is 1. The molecule has 0 amide bonds. The molecule has 0 aliphatic rings. The summed E-state index contributed by atoms with van der Waals surface area (Å²) in [6.45, 7) is 4.34. The van der Waals surface area contributed by atoms with Gasteiger partial charge in [0.05, 0.1) is 7.11 Å². The van der Waals surface area contributed by atoms with E-state index in [9.17, 15) is 17.3 Å². The molecule has 0 radical (unpaired) electrons. The Morgan fingerprint density at radius 3 is 1.55 bits per heavy atom. The van der Waals surface area contributed by atoms with Gasteiger partial charge in [0.15, 0.2) is 0 Å². The first-order valence-corrected chi connectivity index (χ1v) is 9.77. The maximum absolute atomic E-state index is 9.75. The van der Waals surface area contributed by atoms with Gasteiger partial charge in [-0.2, -0.15) is 0 Å². The van der Waals surface area contributed by atoms with Crippen molar-refractivity contribution in [3.63, 3.8) is 0 Å². The fourth-order valence-corrected chi connectivity index (χ4v) is 4.58. The molecule has 0 fully saturated rings. The van der Waals surface area contributed by atoms with Crippen LogP contribution in [0.25, 0.3) is 31.3 Å². The topological polar surface area (TPSA) is 9.23 Å². The molecule has 0 saturated heterocycles. The third kappa shape index (κ3) is 4.85. The summed E-state index contributed by atoms with van der Waals surface area (Å²) in [5.41, 5.74) is 5.14. The summed E-state index contributed by atoms with van der Waals surface area (Å²) < 4.78 is 47.1. The molecule has 3 aromatic carbocycles. The minimum atomic E-state index is -6.00. The van der Waals surface area contributed by atoms with Crippen molar-refractivity contribution in [1.29, 1.82) is 0 Å². The SMILES string of the molecule is COc1cc(C)c(-c2c3ccccc3[s+]c3ccccc23)c(C)c1.F[B-](F)(F)F. The number of benzene rings is 3. The largest absolute Gasteiger partial charge is 0.673 e. The average Bonchev–Trinajstić information content (AvgIpc) is 2.65. The quantitative estimate of drug-likeness (QED) is 0.139. The molecule has 4 aromatic rings. The molecule has 4 rings (SSSR count). The molecule has 0 unspecified atom stereocenters. The van der Waals surface area contributed by atoms with E-state index in [1.165, 1.54) is 42.4 Å². The summed E-state index contributed by atoms with van der Waals surface area (Å²) in [6, 6.07) is 21.6. The highest BCUT2D eigenvalue weighted by atomic mass is 32.1. The smallest absolute Gasteiger partial charge is 0.497 e. The molecule has 0 bridgehead atoms. The lowest BCUT2D eigenvalue weighted by Crippen LogP contribution is -2.02. The zero-order chi connectivity index (χ0) is 21.2. The Bertz CT molecular complexity index is 1090. The third-order valence-electron chi connectivity index (χ3n) is 4.52. The molecular weight excluding hydrogens is 399 g/mol. The van der Waals surface area contributed by atoms with Crippen molar-refractivity contribution in [2.24, 2.45) is 0 Å². The summed E-state index contributed by atoms with van der Waals surface area (Å²) in [5.74, 6) is 0.918. The van der Waals surface area contributed by atoms with Crippen molar-refractivity contribution < 1.29 is 22.0 Å². The van der Waals surface area contributed by atoms with Gasteiger partial charge < -0.3 is 22.0 Å². The van der Waals surface area contributed by atoms with E-state index >= 15 is 0 Å². The summed E-state index contributed by atoms with van der Waals surface area (Å²) in [5, 5.41) is 2.63. The van der Waals surface area contributed by atoms with E-state index in [1.54, 1.807) is 7.11 Å². The lowest BCUT2D eigenvalue weighted by molar-refractivity contribution is 0.368. The number of rotatable bonds is 2. The van der Waals surface area contributed by atoms with E-state index in [2.05, 4.69) is 74.5 Å². The van der Waals surface area contributed by atoms with Crippen LogP contribution in [0.15, 0.2) is 60.7 Å². The zero-order valence-electron chi connectivity index (χ0n) is 16.2. The highest BCUT2D eigenvalue weighted by Crippen LogP contribution is 2.42. The Morgan fingerprint density at radius 2 is 1.14 bits per heavy atom. The Kier molecular flexibility index (Phi) is 6.08. The molecular formula is C22H19BF4OS. The van der Waals surface area contributed by atoms with Crippen molar-refractivity contribution >= 4 is 38.8 Å². The van der Waals surface area contributed by atoms with Gasteiger partial charge in [0.25, 0.3) is 0 Å². The second-order valence-electron chi connectivity index (χ2n) is 6.60. The Morgan fingerprint density at radius 1 is 0.724 bits per heavy atom. The zero-order valence-corrected chi connectivity index (χ0v) is 17.0. The Hall–Kier alpha value is -2.67. The minimum Gasteiger partial charge on any atom is -0.497 e. The molecule has 1 heterocycles. The van der Waals surface area contributed by atoms with Crippen molar-refractivity contribution in [3.8, 4) is 16.9 Å². The summed E-state index contributed by atoms with van der Waals surface area (Å²) in [7, 11) is -4.27. The fraction of sp³-hybridized carbons (Fsp3) is 0.136. The van der Waals surface area contributed by atoms with Crippen LogP contribution in [0.3, 0.4) is 0 Å². The first-order valence-electron chi connectivity index (χ1n) is 8.95. The van der Waals surface area contributed by atoms with Crippen LogP contribution < -0.4 is 4.74 Å². The van der Waals surface area contributed by atoms with Crippen LogP contribution in [0.4, 0.5) is 17.3 Å². The summed E-state index contributed by atoms with van der Waals surface area (Å²) in [4.78, 5) is 0. The van der Waals surface area contributed by atoms with E-state index in [-0.39, 0.29) is 0 Å². The molecule has 150 valence electrons. The highest BCUT2D eigenvalue weighted by Gasteiger charge is 2.21. The van der Waals surface area contributed by atoms with Gasteiger partial charge in [-0.1, -0.05) is 24.3 Å². The van der Waals surface area contributed by atoms with E-state index < -0.39 is 7.25 Å². The maximum atomic E-state index is 9.75. The van der Waals surface area contributed by atoms with E-state index in [0.29, 0.717) is 0 Å². The molecule has 1 nitrogen and oxygen atoms in total. The Labute approximate surface area is 170 Å². The number of hydrogen-bond donors (Lipinski definition) is 0. The second-order valence-corrected chi connectivity index (χ2v) is 7.68. The van der Waals surface area contributed by atoms with Crippen molar-refractivity contribution in [1.82, 2.24) is 0 Å². The van der Waals surface area contributed by atoms with E-state index in [4.69, 9.17) is 4.74 Å². The van der Waals surface area contributed by atoms with Gasteiger partial charge >= 0.3 is 7.25 Å². The van der Waals surface area contributed by atoms with Gasteiger partial charge in [-0.3, -0.25) is 0 Å². The Balaban J connectivity index is 0.000000431. The van der Waals surface area contributed by atoms with Crippen LogP contribution in [0, 0.1) is 13.8 Å². The molecule has 0 saturated carbocycles. The second kappa shape index (κ2) is 8.37. The number of hydrogen-bond acceptors (Lipinski definition) is 1. The monoisotopic (exact) mass is 418 g/mol. The molecule has 0 atom stereocenters. The van der Waals surface area contributed by atoms with Gasteiger partial charge in [-0.15, -0.1) is 0 Å². The fourth-order valence-electron chi connectivity index (χ4n) is 3.49. The maximum Gasteiger partial charge on any atom is 0.673 e. The normalized spacial score (nSPS) is 11.3. The van der Waals surface area contributed by atoms with Crippen molar-refractivity contribution in [2.75, 3.05) is 7.11 Å². The van der Waals surface area contributed by atoms with Gasteiger partial charge in [-0.25, -0.2) is 0 Å². The first kappa shape index (κ1) is 21.1. The number of fused-ring (bicyclic) bond motifs is 2. The van der Waals surface area contributed by atoms with Crippen molar-refractivity contribution in [2.45, 2.75) is 13.8 Å². The minimum absolute atomic E-state index is 0.918. The van der Waals surface area contributed by atoms with E-state index in [1.807, 2.05) is 11.3 Å². The molecule has 0 aliphatic carbocycles. The molecule has 0 aliphatic heterocycles. The molecule has 0 spiro atoms. The van der Waals surface area contributed by atoms with Crippen LogP contribution in [-0.4, -0.2) is 14.4 Å². The predicted molar refractivity (Wildman–Crippen MR) is 115 cm³/mol.